The van der Waals surface area contributed by atoms with E-state index >= 15 is 0 Å². The fraction of sp³-hybridized carbons (Fsp3) is 0.235. The van der Waals surface area contributed by atoms with Crippen LogP contribution in [0.25, 0.3) is 0 Å². The van der Waals surface area contributed by atoms with Gasteiger partial charge in [-0.05, 0) is 54.8 Å². The summed E-state index contributed by atoms with van der Waals surface area (Å²) in [6, 6.07) is 5.97. The van der Waals surface area contributed by atoms with Gasteiger partial charge in [0.2, 0.25) is 0 Å². The molecule has 3 rings (SSSR count). The molecule has 0 spiro atoms. The van der Waals surface area contributed by atoms with Crippen molar-refractivity contribution in [3.05, 3.63) is 64.7 Å². The number of carbonyl (C=O) groups is 1. The van der Waals surface area contributed by atoms with Gasteiger partial charge in [-0.3, -0.25) is 4.79 Å². The molecule has 0 saturated carbocycles. The second kappa shape index (κ2) is 5.89. The van der Waals surface area contributed by atoms with Crippen molar-refractivity contribution >= 4 is 11.6 Å². The molecule has 1 aliphatic rings. The predicted molar refractivity (Wildman–Crippen MR) is 77.8 cm³/mol. The highest BCUT2D eigenvalue weighted by molar-refractivity contribution is 6.06. The monoisotopic (exact) mass is 341 g/mol. The first-order valence-corrected chi connectivity index (χ1v) is 7.24. The van der Waals surface area contributed by atoms with Gasteiger partial charge in [0.25, 0.3) is 5.91 Å². The van der Waals surface area contributed by atoms with E-state index in [-0.39, 0.29) is 5.56 Å². The minimum atomic E-state index is -4.46. The Balaban J connectivity index is 1.97. The highest BCUT2D eigenvalue weighted by Crippen LogP contribution is 2.35. The molecule has 2 nitrogen and oxygen atoms in total. The summed E-state index contributed by atoms with van der Waals surface area (Å²) in [7, 11) is 0. The number of anilines is 1. The Bertz CT molecular complexity index is 800. The molecule has 24 heavy (non-hydrogen) atoms. The predicted octanol–water partition coefficient (Wildman–Crippen LogP) is 4.58. The van der Waals surface area contributed by atoms with Crippen LogP contribution in [0, 0.1) is 11.6 Å². The van der Waals surface area contributed by atoms with Crippen LogP contribution in [0.15, 0.2) is 36.4 Å². The molecule has 2 aromatic rings. The third-order valence-corrected chi connectivity index (χ3v) is 3.94. The Morgan fingerprint density at radius 1 is 1.00 bits per heavy atom. The van der Waals surface area contributed by atoms with Crippen LogP contribution in [0.5, 0.6) is 0 Å². The molecule has 0 unspecified atom stereocenters. The van der Waals surface area contributed by atoms with E-state index in [0.717, 1.165) is 30.3 Å². The van der Waals surface area contributed by atoms with Crippen LogP contribution in [0.2, 0.25) is 0 Å². The molecule has 0 radical (unpaired) electrons. The summed E-state index contributed by atoms with van der Waals surface area (Å²) in [5, 5.41) is 0. The largest absolute Gasteiger partial charge is 0.416 e. The molecule has 126 valence electrons. The Labute approximate surface area is 134 Å². The smallest absolute Gasteiger partial charge is 0.308 e. The lowest BCUT2D eigenvalue weighted by Crippen LogP contribution is -2.35. The molecule has 0 saturated heterocycles. The molecule has 7 heteroatoms. The summed E-state index contributed by atoms with van der Waals surface area (Å²) in [6.07, 6.45) is -3.55. The molecule has 0 N–H and O–H groups in total. The SMILES string of the molecule is O=C(c1ccc(F)c(F)c1)N1CCCc2cc(C(F)(F)F)ccc21. The lowest BCUT2D eigenvalue weighted by atomic mass is 9.98. The van der Waals surface area contributed by atoms with Gasteiger partial charge in [0, 0.05) is 17.8 Å². The number of benzene rings is 2. The Morgan fingerprint density at radius 2 is 1.75 bits per heavy atom. The van der Waals surface area contributed by atoms with E-state index in [9.17, 15) is 26.7 Å². The van der Waals surface area contributed by atoms with E-state index in [1.165, 1.54) is 11.0 Å². The molecule has 0 aliphatic carbocycles. The maximum atomic E-state index is 13.3. The van der Waals surface area contributed by atoms with Gasteiger partial charge in [-0.1, -0.05) is 0 Å². The van der Waals surface area contributed by atoms with E-state index in [1.807, 2.05) is 0 Å². The van der Waals surface area contributed by atoms with Crippen molar-refractivity contribution < 1.29 is 26.7 Å². The van der Waals surface area contributed by atoms with Gasteiger partial charge >= 0.3 is 6.18 Å². The van der Waals surface area contributed by atoms with Gasteiger partial charge in [0.1, 0.15) is 0 Å². The highest BCUT2D eigenvalue weighted by Gasteiger charge is 2.32. The van der Waals surface area contributed by atoms with E-state index in [4.69, 9.17) is 0 Å². The zero-order chi connectivity index (χ0) is 17.5. The highest BCUT2D eigenvalue weighted by atomic mass is 19.4. The maximum absolute atomic E-state index is 13.3. The quantitative estimate of drug-likeness (QED) is 0.696. The molecule has 1 amide bonds. The summed E-state index contributed by atoms with van der Waals surface area (Å²) in [4.78, 5) is 13.8. The van der Waals surface area contributed by atoms with Gasteiger partial charge in [-0.25, -0.2) is 8.78 Å². The number of rotatable bonds is 1. The minimum Gasteiger partial charge on any atom is -0.308 e. The third-order valence-electron chi connectivity index (χ3n) is 3.94. The summed E-state index contributed by atoms with van der Waals surface area (Å²) in [6.45, 7) is 0.302. The van der Waals surface area contributed by atoms with Crippen LogP contribution >= 0.6 is 0 Å². The van der Waals surface area contributed by atoms with Crippen molar-refractivity contribution in [1.82, 2.24) is 0 Å². The summed E-state index contributed by atoms with van der Waals surface area (Å²) < 4.78 is 64.7. The fourth-order valence-electron chi connectivity index (χ4n) is 2.77. The number of carbonyl (C=O) groups excluding carboxylic acids is 1. The average molecular weight is 341 g/mol. The molecule has 1 aliphatic heterocycles. The molecule has 0 aromatic heterocycles. The van der Waals surface area contributed by atoms with Crippen molar-refractivity contribution in [2.24, 2.45) is 0 Å². The number of amides is 1. The first kappa shape index (κ1) is 16.4. The van der Waals surface area contributed by atoms with Gasteiger partial charge < -0.3 is 4.90 Å². The summed E-state index contributed by atoms with van der Waals surface area (Å²) in [5.41, 5.74) is -0.0546. The second-order valence-corrected chi connectivity index (χ2v) is 5.53. The first-order valence-electron chi connectivity index (χ1n) is 7.24. The number of nitrogens with zero attached hydrogens (tertiary/aromatic N) is 1. The van der Waals surface area contributed by atoms with E-state index in [2.05, 4.69) is 0 Å². The van der Waals surface area contributed by atoms with Gasteiger partial charge in [-0.2, -0.15) is 13.2 Å². The van der Waals surface area contributed by atoms with Crippen molar-refractivity contribution in [1.29, 1.82) is 0 Å². The summed E-state index contributed by atoms with van der Waals surface area (Å²) in [5.74, 6) is -2.79. The third kappa shape index (κ3) is 2.98. The normalized spacial score (nSPS) is 14.5. The van der Waals surface area contributed by atoms with Crippen molar-refractivity contribution in [2.45, 2.75) is 19.0 Å². The molecule has 1 heterocycles. The maximum Gasteiger partial charge on any atom is 0.416 e. The second-order valence-electron chi connectivity index (χ2n) is 5.53. The average Bonchev–Trinajstić information content (AvgIpc) is 2.55. The minimum absolute atomic E-state index is 0.0540. The molecule has 0 fully saturated rings. The van der Waals surface area contributed by atoms with E-state index < -0.39 is 29.3 Å². The van der Waals surface area contributed by atoms with Crippen molar-refractivity contribution in [3.8, 4) is 0 Å². The summed E-state index contributed by atoms with van der Waals surface area (Å²) >= 11 is 0. The molecule has 2 aromatic carbocycles. The molecule has 0 atom stereocenters. The topological polar surface area (TPSA) is 20.3 Å². The number of halogens is 5. The number of hydrogen-bond acceptors (Lipinski definition) is 1. The van der Waals surface area contributed by atoms with Gasteiger partial charge in [-0.15, -0.1) is 0 Å². The lowest BCUT2D eigenvalue weighted by Gasteiger charge is -2.30. The molecule has 0 bridgehead atoms. The number of alkyl halides is 3. The van der Waals surface area contributed by atoms with E-state index in [1.54, 1.807) is 0 Å². The molecular weight excluding hydrogens is 329 g/mol. The zero-order valence-electron chi connectivity index (χ0n) is 12.3. The van der Waals surface area contributed by atoms with E-state index in [0.29, 0.717) is 30.6 Å². The van der Waals surface area contributed by atoms with Gasteiger partial charge in [0.05, 0.1) is 5.56 Å². The van der Waals surface area contributed by atoms with Crippen LogP contribution < -0.4 is 4.90 Å². The lowest BCUT2D eigenvalue weighted by molar-refractivity contribution is -0.137. The van der Waals surface area contributed by atoms with Crippen LogP contribution in [-0.2, 0) is 12.6 Å². The zero-order valence-corrected chi connectivity index (χ0v) is 12.3. The number of hydrogen-bond donors (Lipinski definition) is 0. The van der Waals surface area contributed by atoms with Crippen LogP contribution in [0.3, 0.4) is 0 Å². The van der Waals surface area contributed by atoms with Crippen LogP contribution in [-0.4, -0.2) is 12.5 Å². The first-order chi connectivity index (χ1) is 11.3. The fourth-order valence-corrected chi connectivity index (χ4v) is 2.77. The van der Waals surface area contributed by atoms with Gasteiger partial charge in [0.15, 0.2) is 11.6 Å². The Hall–Kier alpha value is -2.44. The van der Waals surface area contributed by atoms with Crippen molar-refractivity contribution in [2.75, 3.05) is 11.4 Å². The number of fused-ring (bicyclic) bond motifs is 1. The Kier molecular flexibility index (Phi) is 4.03. The standard InChI is InChI=1S/C17H12F5NO/c18-13-5-3-11(9-14(13)19)16(24)23-7-1-2-10-8-12(17(20,21)22)4-6-15(10)23/h3-6,8-9H,1-2,7H2. The van der Waals surface area contributed by atoms with Crippen molar-refractivity contribution in [3.63, 3.8) is 0 Å². The molecular formula is C17H12F5NO. The Morgan fingerprint density at radius 3 is 2.42 bits per heavy atom. The van der Waals surface area contributed by atoms with Crippen LogP contribution in [0.4, 0.5) is 27.6 Å². The van der Waals surface area contributed by atoms with Crippen LogP contribution in [0.1, 0.15) is 27.9 Å². The number of aryl methyl sites for hydroxylation is 1.